The van der Waals surface area contributed by atoms with E-state index in [4.69, 9.17) is 4.74 Å². The lowest BCUT2D eigenvalue weighted by Crippen LogP contribution is -2.42. The molecule has 1 heterocycles. The molecule has 2 amide bonds. The number of para-hydroxylation sites is 1. The number of aromatic amines is 1. The second kappa shape index (κ2) is 7.63. The van der Waals surface area contributed by atoms with Gasteiger partial charge in [-0.15, -0.1) is 0 Å². The van der Waals surface area contributed by atoms with Crippen molar-refractivity contribution in [2.75, 3.05) is 7.11 Å². The van der Waals surface area contributed by atoms with Gasteiger partial charge in [-0.2, -0.15) is 0 Å². The van der Waals surface area contributed by atoms with Gasteiger partial charge in [-0.1, -0.05) is 30.3 Å². The zero-order valence-electron chi connectivity index (χ0n) is 13.8. The van der Waals surface area contributed by atoms with Crippen LogP contribution < -0.4 is 10.9 Å². The first-order valence-corrected chi connectivity index (χ1v) is 7.89. The summed E-state index contributed by atoms with van der Waals surface area (Å²) in [6.45, 7) is 0.489. The van der Waals surface area contributed by atoms with Gasteiger partial charge in [0, 0.05) is 29.8 Å². The number of ether oxygens (including phenoxy) is 1. The first-order valence-electron chi connectivity index (χ1n) is 7.89. The molecule has 3 aromatic rings. The third-order valence-electron chi connectivity index (χ3n) is 3.87. The molecule has 6 heteroatoms. The average Bonchev–Trinajstić information content (AvgIpc) is 3.04. The first-order chi connectivity index (χ1) is 12.2. The molecular weight excluding hydrogens is 318 g/mol. The summed E-state index contributed by atoms with van der Waals surface area (Å²) in [4.78, 5) is 27.3. The zero-order valence-corrected chi connectivity index (χ0v) is 13.8. The van der Waals surface area contributed by atoms with Crippen LogP contribution in [0, 0.1) is 0 Å². The molecule has 2 aromatic carbocycles. The maximum Gasteiger partial charge on any atom is 0.269 e. The number of hydrogen-bond acceptors (Lipinski definition) is 3. The highest BCUT2D eigenvalue weighted by Gasteiger charge is 2.10. The molecule has 0 aliphatic heterocycles. The minimum absolute atomic E-state index is 0.178. The lowest BCUT2D eigenvalue weighted by molar-refractivity contribution is -0.121. The van der Waals surface area contributed by atoms with Crippen molar-refractivity contribution >= 4 is 22.7 Å². The quantitative estimate of drug-likeness (QED) is 0.625. The molecule has 0 bridgehead atoms. The molecule has 0 spiro atoms. The maximum absolute atomic E-state index is 12.1. The van der Waals surface area contributed by atoms with E-state index in [0.29, 0.717) is 12.2 Å². The summed E-state index contributed by atoms with van der Waals surface area (Å²) in [7, 11) is 1.61. The maximum atomic E-state index is 12.1. The Bertz CT molecular complexity index is 884. The molecule has 6 nitrogen and oxygen atoms in total. The van der Waals surface area contributed by atoms with Crippen LogP contribution >= 0.6 is 0 Å². The molecule has 0 aliphatic carbocycles. The Hall–Kier alpha value is -3.12. The van der Waals surface area contributed by atoms with Crippen LogP contribution in [0.2, 0.25) is 0 Å². The van der Waals surface area contributed by atoms with Crippen molar-refractivity contribution in [1.29, 1.82) is 0 Å². The lowest BCUT2D eigenvalue weighted by atomic mass is 10.1. The number of amides is 2. The van der Waals surface area contributed by atoms with Crippen LogP contribution in [0.1, 0.15) is 21.5 Å². The fraction of sp³-hybridized carbons (Fsp3) is 0.158. The molecule has 3 N–H and O–H groups in total. The highest BCUT2D eigenvalue weighted by atomic mass is 16.5. The van der Waals surface area contributed by atoms with E-state index in [2.05, 4.69) is 15.8 Å². The number of fused-ring (bicyclic) bond motifs is 1. The van der Waals surface area contributed by atoms with Gasteiger partial charge in [0.1, 0.15) is 0 Å². The Balaban J connectivity index is 1.55. The molecule has 25 heavy (non-hydrogen) atoms. The summed E-state index contributed by atoms with van der Waals surface area (Å²) < 4.78 is 5.03. The van der Waals surface area contributed by atoms with Crippen LogP contribution in [0.15, 0.2) is 54.7 Å². The molecule has 0 saturated heterocycles. The monoisotopic (exact) mass is 337 g/mol. The number of carbonyl (C=O) groups excluding carboxylic acids is 2. The van der Waals surface area contributed by atoms with Crippen molar-refractivity contribution in [3.05, 3.63) is 71.4 Å². The summed E-state index contributed by atoms with van der Waals surface area (Å²) in [5, 5.41) is 0.998. The fourth-order valence-electron chi connectivity index (χ4n) is 2.61. The number of hydrazine groups is 1. The van der Waals surface area contributed by atoms with Crippen molar-refractivity contribution in [1.82, 2.24) is 15.8 Å². The number of rotatable bonds is 5. The van der Waals surface area contributed by atoms with Gasteiger partial charge in [0.05, 0.1) is 13.0 Å². The molecule has 0 unspecified atom stereocenters. The molecule has 0 aliphatic rings. The number of hydrogen-bond donors (Lipinski definition) is 3. The van der Waals surface area contributed by atoms with Crippen LogP contribution in [0.5, 0.6) is 0 Å². The van der Waals surface area contributed by atoms with E-state index in [9.17, 15) is 9.59 Å². The van der Waals surface area contributed by atoms with Crippen LogP contribution in [-0.2, 0) is 22.6 Å². The van der Waals surface area contributed by atoms with Crippen LogP contribution in [0.4, 0.5) is 0 Å². The first kappa shape index (κ1) is 16.7. The van der Waals surface area contributed by atoms with E-state index in [1.165, 1.54) is 0 Å². The number of methoxy groups -OCH3 is 1. The topological polar surface area (TPSA) is 83.2 Å². The van der Waals surface area contributed by atoms with Gasteiger partial charge in [0.2, 0.25) is 5.91 Å². The van der Waals surface area contributed by atoms with Crippen LogP contribution in [-0.4, -0.2) is 23.9 Å². The molecule has 3 rings (SSSR count). The van der Waals surface area contributed by atoms with Gasteiger partial charge >= 0.3 is 0 Å². The Morgan fingerprint density at radius 3 is 2.56 bits per heavy atom. The van der Waals surface area contributed by atoms with Gasteiger partial charge in [-0.25, -0.2) is 0 Å². The molecule has 0 atom stereocenters. The second-order valence-corrected chi connectivity index (χ2v) is 5.67. The van der Waals surface area contributed by atoms with Gasteiger partial charge in [0.25, 0.3) is 5.91 Å². The SMILES string of the molecule is COCc1ccc(C(=O)NNC(=O)Cc2c[nH]c3ccccc23)cc1. The van der Waals surface area contributed by atoms with Crippen molar-refractivity contribution in [2.45, 2.75) is 13.0 Å². The standard InChI is InChI=1S/C19H19N3O3/c1-25-12-13-6-8-14(9-7-13)19(24)22-21-18(23)10-15-11-20-17-5-3-2-4-16(15)17/h2-9,11,20H,10,12H2,1H3,(H,21,23)(H,22,24). The molecular formula is C19H19N3O3. The Labute approximate surface area is 145 Å². The summed E-state index contributed by atoms with van der Waals surface area (Å²) in [5.74, 6) is -0.648. The van der Waals surface area contributed by atoms with E-state index >= 15 is 0 Å². The van der Waals surface area contributed by atoms with Crippen LogP contribution in [0.25, 0.3) is 10.9 Å². The predicted molar refractivity (Wildman–Crippen MR) is 94.8 cm³/mol. The molecule has 1 aromatic heterocycles. The predicted octanol–water partition coefficient (Wildman–Crippen LogP) is 2.32. The van der Waals surface area contributed by atoms with E-state index < -0.39 is 0 Å². The van der Waals surface area contributed by atoms with Crippen LogP contribution in [0.3, 0.4) is 0 Å². The Morgan fingerprint density at radius 2 is 1.80 bits per heavy atom. The normalized spacial score (nSPS) is 10.6. The van der Waals surface area contributed by atoms with Crippen molar-refractivity contribution in [2.24, 2.45) is 0 Å². The average molecular weight is 337 g/mol. The number of aromatic nitrogens is 1. The molecule has 0 radical (unpaired) electrons. The fourth-order valence-corrected chi connectivity index (χ4v) is 2.61. The lowest BCUT2D eigenvalue weighted by Gasteiger charge is -2.08. The third-order valence-corrected chi connectivity index (χ3v) is 3.87. The summed E-state index contributed by atoms with van der Waals surface area (Å²) in [5.41, 5.74) is 8.17. The number of benzene rings is 2. The number of nitrogens with one attached hydrogen (secondary N) is 3. The Kier molecular flexibility index (Phi) is 5.11. The van der Waals surface area contributed by atoms with E-state index in [1.54, 1.807) is 25.4 Å². The van der Waals surface area contributed by atoms with Crippen molar-refractivity contribution in [3.63, 3.8) is 0 Å². The largest absolute Gasteiger partial charge is 0.380 e. The van der Waals surface area contributed by atoms with E-state index in [0.717, 1.165) is 22.0 Å². The molecule has 128 valence electrons. The van der Waals surface area contributed by atoms with Gasteiger partial charge in [0.15, 0.2) is 0 Å². The highest BCUT2D eigenvalue weighted by molar-refractivity contribution is 5.96. The van der Waals surface area contributed by atoms with E-state index in [1.807, 2.05) is 36.4 Å². The molecule has 0 fully saturated rings. The minimum atomic E-state index is -0.365. The molecule has 0 saturated carbocycles. The second-order valence-electron chi connectivity index (χ2n) is 5.67. The smallest absolute Gasteiger partial charge is 0.269 e. The summed E-state index contributed by atoms with van der Waals surface area (Å²) in [6, 6.07) is 14.8. The summed E-state index contributed by atoms with van der Waals surface area (Å²) in [6.07, 6.45) is 1.98. The zero-order chi connectivity index (χ0) is 17.6. The summed E-state index contributed by atoms with van der Waals surface area (Å²) >= 11 is 0. The number of H-pyrrole nitrogens is 1. The minimum Gasteiger partial charge on any atom is -0.380 e. The van der Waals surface area contributed by atoms with Gasteiger partial charge in [-0.05, 0) is 29.3 Å². The van der Waals surface area contributed by atoms with Crippen molar-refractivity contribution in [3.8, 4) is 0 Å². The third kappa shape index (κ3) is 4.05. The highest BCUT2D eigenvalue weighted by Crippen LogP contribution is 2.17. The Morgan fingerprint density at radius 1 is 1.04 bits per heavy atom. The van der Waals surface area contributed by atoms with E-state index in [-0.39, 0.29) is 18.2 Å². The number of carbonyl (C=O) groups is 2. The van der Waals surface area contributed by atoms with Gasteiger partial charge in [-0.3, -0.25) is 20.4 Å². The van der Waals surface area contributed by atoms with Crippen molar-refractivity contribution < 1.29 is 14.3 Å². The van der Waals surface area contributed by atoms with Gasteiger partial charge < -0.3 is 9.72 Å².